The molecule has 7 rings (SSSR count). The summed E-state index contributed by atoms with van der Waals surface area (Å²) in [7, 11) is 0. The van der Waals surface area contributed by atoms with E-state index in [4.69, 9.17) is 9.72 Å². The first-order chi connectivity index (χ1) is 13.9. The van der Waals surface area contributed by atoms with Crippen molar-refractivity contribution in [1.29, 1.82) is 0 Å². The van der Waals surface area contributed by atoms with Crippen LogP contribution in [0.15, 0.2) is 6.20 Å². The Labute approximate surface area is 171 Å². The Morgan fingerprint density at radius 1 is 1.24 bits per heavy atom. The summed E-state index contributed by atoms with van der Waals surface area (Å²) in [6.07, 6.45) is 7.62. The van der Waals surface area contributed by atoms with Crippen LogP contribution in [0.1, 0.15) is 61.5 Å². The van der Waals surface area contributed by atoms with Crippen molar-refractivity contribution >= 4 is 11.9 Å². The number of ether oxygens (including phenoxy) is 1. The molecule has 2 N–H and O–H groups in total. The Morgan fingerprint density at radius 2 is 2.00 bits per heavy atom. The largest absolute Gasteiger partial charge is 0.390 e. The van der Waals surface area contributed by atoms with Gasteiger partial charge < -0.3 is 20.1 Å². The first-order valence-electron chi connectivity index (χ1n) is 11.2. The highest BCUT2D eigenvalue weighted by atomic mass is 16.5. The highest BCUT2D eigenvalue weighted by Gasteiger charge is 2.60. The Kier molecular flexibility index (Phi) is 3.83. The Hall–Kier alpha value is -1.73. The number of nitrogens with zero attached hydrogens (tertiary/aromatic N) is 3. The second-order valence-electron chi connectivity index (χ2n) is 10.3. The van der Waals surface area contributed by atoms with Gasteiger partial charge in [0.1, 0.15) is 0 Å². The van der Waals surface area contributed by atoms with Gasteiger partial charge in [0, 0.05) is 30.7 Å². The van der Waals surface area contributed by atoms with Crippen molar-refractivity contribution in [3.8, 4) is 0 Å². The number of nitrogens with one attached hydrogen (secondary N) is 1. The maximum Gasteiger partial charge on any atom is 0.254 e. The molecule has 29 heavy (non-hydrogen) atoms. The second kappa shape index (κ2) is 6.14. The summed E-state index contributed by atoms with van der Waals surface area (Å²) < 4.78 is 5.44. The van der Waals surface area contributed by atoms with Crippen molar-refractivity contribution in [3.05, 3.63) is 17.5 Å². The SMILES string of the molecule is CC1(c2nc(N3CCOCC3)ncc2C(=O)N[C@@H]2[C@@H]3CC4C[C@@](O)(C3)C[C@H]42)CC1. The van der Waals surface area contributed by atoms with Gasteiger partial charge in [0.2, 0.25) is 5.95 Å². The molecular weight excluding hydrogens is 368 g/mol. The van der Waals surface area contributed by atoms with E-state index in [9.17, 15) is 9.90 Å². The fourth-order valence-electron chi connectivity index (χ4n) is 6.55. The summed E-state index contributed by atoms with van der Waals surface area (Å²) in [6, 6.07) is 0.189. The third-order valence-corrected chi connectivity index (χ3v) is 8.26. The molecule has 1 aromatic rings. The minimum absolute atomic E-state index is 0.0149. The molecule has 6 fully saturated rings. The molecule has 7 heteroatoms. The fraction of sp³-hybridized carbons (Fsp3) is 0.773. The van der Waals surface area contributed by atoms with E-state index in [2.05, 4.69) is 22.1 Å². The number of aliphatic hydroxyl groups is 1. The van der Waals surface area contributed by atoms with Gasteiger partial charge in [0.05, 0.1) is 30.1 Å². The van der Waals surface area contributed by atoms with E-state index in [1.165, 1.54) is 0 Å². The molecular formula is C22H30N4O3. The fourth-order valence-corrected chi connectivity index (χ4v) is 6.55. The van der Waals surface area contributed by atoms with Crippen LogP contribution in [-0.4, -0.2) is 58.9 Å². The molecule has 1 aromatic heterocycles. The molecule has 0 aromatic carbocycles. The standard InChI is InChI=1S/C22H30N4O3/c1-21(2-3-21)18-16(12-23-20(25-18)26-4-6-29-7-5-26)19(27)24-17-14-8-13-9-22(28,10-14)11-15(13)17/h12-15,17,28H,2-11H2,1H3,(H,24,27)/t13?,14-,15-,17-,22-/m1/s1. The van der Waals surface area contributed by atoms with E-state index in [1.807, 2.05) is 0 Å². The second-order valence-corrected chi connectivity index (χ2v) is 10.3. The van der Waals surface area contributed by atoms with E-state index >= 15 is 0 Å². The third kappa shape index (κ3) is 2.88. The topological polar surface area (TPSA) is 87.6 Å². The van der Waals surface area contributed by atoms with Crippen LogP contribution in [0.2, 0.25) is 0 Å². The highest BCUT2D eigenvalue weighted by Crippen LogP contribution is 2.60. The first-order valence-corrected chi connectivity index (χ1v) is 11.2. The Bertz CT molecular complexity index is 846. The molecule has 5 atom stereocenters. The lowest BCUT2D eigenvalue weighted by molar-refractivity contribution is -0.0192. The van der Waals surface area contributed by atoms with Crippen LogP contribution >= 0.6 is 0 Å². The zero-order valence-electron chi connectivity index (χ0n) is 17.1. The molecule has 1 saturated heterocycles. The molecule has 6 aliphatic rings. The van der Waals surface area contributed by atoms with Crippen LogP contribution in [0.3, 0.4) is 0 Å². The number of hydrogen-bond acceptors (Lipinski definition) is 6. The van der Waals surface area contributed by atoms with Crippen molar-refractivity contribution < 1.29 is 14.6 Å². The molecule has 1 aliphatic heterocycles. The average Bonchev–Trinajstić information content (AvgIpc) is 3.37. The van der Waals surface area contributed by atoms with Gasteiger partial charge in [-0.05, 0) is 56.3 Å². The van der Waals surface area contributed by atoms with Crippen molar-refractivity contribution in [3.63, 3.8) is 0 Å². The number of anilines is 1. The van der Waals surface area contributed by atoms with E-state index in [-0.39, 0.29) is 17.4 Å². The minimum atomic E-state index is -0.463. The van der Waals surface area contributed by atoms with Crippen molar-refractivity contribution in [2.24, 2.45) is 17.8 Å². The zero-order chi connectivity index (χ0) is 19.8. The maximum atomic E-state index is 13.3. The number of rotatable bonds is 4. The number of morpholine rings is 1. The molecule has 156 valence electrons. The maximum absolute atomic E-state index is 13.3. The number of hydrogen-bond donors (Lipinski definition) is 2. The minimum Gasteiger partial charge on any atom is -0.390 e. The summed E-state index contributed by atoms with van der Waals surface area (Å²) >= 11 is 0. The van der Waals surface area contributed by atoms with E-state index < -0.39 is 5.60 Å². The first kappa shape index (κ1) is 18.1. The number of amides is 1. The monoisotopic (exact) mass is 398 g/mol. The summed E-state index contributed by atoms with van der Waals surface area (Å²) in [6.45, 7) is 5.16. The van der Waals surface area contributed by atoms with Gasteiger partial charge in [-0.1, -0.05) is 6.92 Å². The quantitative estimate of drug-likeness (QED) is 0.802. The third-order valence-electron chi connectivity index (χ3n) is 8.26. The lowest BCUT2D eigenvalue weighted by Gasteiger charge is -2.38. The average molecular weight is 399 g/mol. The highest BCUT2D eigenvalue weighted by molar-refractivity contribution is 5.96. The van der Waals surface area contributed by atoms with E-state index in [0.717, 1.165) is 57.3 Å². The van der Waals surface area contributed by atoms with Crippen LogP contribution in [0.4, 0.5) is 5.95 Å². The molecule has 0 radical (unpaired) electrons. The molecule has 0 spiro atoms. The molecule has 5 aliphatic carbocycles. The van der Waals surface area contributed by atoms with Crippen molar-refractivity contribution in [1.82, 2.24) is 15.3 Å². The number of carbonyl (C=O) groups excluding carboxylic acids is 1. The molecule has 1 amide bonds. The number of aromatic nitrogens is 2. The lowest BCUT2D eigenvalue weighted by Crippen LogP contribution is -2.48. The Morgan fingerprint density at radius 3 is 2.72 bits per heavy atom. The van der Waals surface area contributed by atoms with Gasteiger partial charge in [0.15, 0.2) is 0 Å². The normalized spacial score (nSPS) is 39.0. The Balaban J connectivity index is 1.26. The number of carbonyl (C=O) groups is 1. The smallest absolute Gasteiger partial charge is 0.254 e. The van der Waals surface area contributed by atoms with Gasteiger partial charge in [-0.15, -0.1) is 0 Å². The van der Waals surface area contributed by atoms with Crippen LogP contribution < -0.4 is 10.2 Å². The summed E-state index contributed by atoms with van der Waals surface area (Å²) in [4.78, 5) is 24.9. The molecule has 2 heterocycles. The summed E-state index contributed by atoms with van der Waals surface area (Å²) in [5.41, 5.74) is 1.06. The van der Waals surface area contributed by atoms with Gasteiger partial charge in [-0.3, -0.25) is 4.79 Å². The molecule has 5 saturated carbocycles. The summed E-state index contributed by atoms with van der Waals surface area (Å²) in [5, 5.41) is 14.0. The van der Waals surface area contributed by atoms with E-state index in [0.29, 0.717) is 42.5 Å². The zero-order valence-corrected chi connectivity index (χ0v) is 17.1. The van der Waals surface area contributed by atoms with Crippen molar-refractivity contribution in [2.45, 2.75) is 62.5 Å². The van der Waals surface area contributed by atoms with Gasteiger partial charge in [0.25, 0.3) is 5.91 Å². The lowest BCUT2D eigenvalue weighted by atomic mass is 9.76. The van der Waals surface area contributed by atoms with Crippen LogP contribution in [0, 0.1) is 17.8 Å². The predicted molar refractivity (Wildman–Crippen MR) is 107 cm³/mol. The van der Waals surface area contributed by atoms with Gasteiger partial charge in [-0.25, -0.2) is 9.97 Å². The van der Waals surface area contributed by atoms with Crippen LogP contribution in [0.25, 0.3) is 0 Å². The van der Waals surface area contributed by atoms with Gasteiger partial charge in [-0.2, -0.15) is 0 Å². The summed E-state index contributed by atoms with van der Waals surface area (Å²) in [5.74, 6) is 2.10. The molecule has 7 nitrogen and oxygen atoms in total. The van der Waals surface area contributed by atoms with Crippen LogP contribution in [-0.2, 0) is 10.2 Å². The molecule has 1 unspecified atom stereocenters. The molecule has 4 bridgehead atoms. The van der Waals surface area contributed by atoms with Crippen LogP contribution in [0.5, 0.6) is 0 Å². The van der Waals surface area contributed by atoms with E-state index in [1.54, 1.807) is 6.20 Å². The van der Waals surface area contributed by atoms with Gasteiger partial charge >= 0.3 is 0 Å². The predicted octanol–water partition coefficient (Wildman–Crippen LogP) is 1.64. The van der Waals surface area contributed by atoms with Crippen molar-refractivity contribution in [2.75, 3.05) is 31.2 Å².